The highest BCUT2D eigenvalue weighted by atomic mass is 19.1. The predicted molar refractivity (Wildman–Crippen MR) is 62.2 cm³/mol. The van der Waals surface area contributed by atoms with Crippen molar-refractivity contribution in [2.75, 3.05) is 0 Å². The molecule has 1 aliphatic rings. The molecule has 1 aromatic carbocycles. The molecule has 0 heterocycles. The van der Waals surface area contributed by atoms with E-state index >= 15 is 0 Å². The van der Waals surface area contributed by atoms with Crippen LogP contribution >= 0.6 is 0 Å². The van der Waals surface area contributed by atoms with Crippen LogP contribution in [0.4, 0.5) is 4.39 Å². The Balaban J connectivity index is 2.20. The molecule has 0 aromatic heterocycles. The molecule has 1 unspecified atom stereocenters. The van der Waals surface area contributed by atoms with E-state index in [2.05, 4.69) is 0 Å². The first-order valence-electron chi connectivity index (χ1n) is 5.12. The van der Waals surface area contributed by atoms with Gasteiger partial charge < -0.3 is 10.0 Å². The van der Waals surface area contributed by atoms with E-state index in [1.807, 2.05) is 30.3 Å². The molecule has 0 bridgehead atoms. The number of hydrogen-bond donors (Lipinski definition) is 2. The van der Waals surface area contributed by atoms with Gasteiger partial charge in [-0.2, -0.15) is 0 Å². The van der Waals surface area contributed by atoms with Gasteiger partial charge in [-0.25, -0.2) is 4.39 Å². The van der Waals surface area contributed by atoms with Gasteiger partial charge in [-0.05, 0) is 17.2 Å². The highest BCUT2D eigenvalue weighted by Gasteiger charge is 2.40. The molecule has 1 aliphatic carbocycles. The van der Waals surface area contributed by atoms with Crippen molar-refractivity contribution in [3.63, 3.8) is 0 Å². The van der Waals surface area contributed by atoms with Crippen LogP contribution in [0.25, 0.3) is 5.57 Å². The van der Waals surface area contributed by atoms with Crippen molar-refractivity contribution in [1.29, 1.82) is 0 Å². The van der Waals surface area contributed by atoms with E-state index in [1.165, 1.54) is 6.08 Å². The van der Waals surface area contributed by atoms with Crippen LogP contribution in [0.2, 0.25) is 0 Å². The van der Waals surface area contributed by atoms with Crippen LogP contribution in [0.1, 0.15) is 12.0 Å². The molecule has 2 nitrogen and oxygen atoms in total. The first-order chi connectivity index (χ1) is 7.62. The molecule has 0 fully saturated rings. The molecular formula is C12H12BFO2. The maximum atomic E-state index is 13.8. The Morgan fingerprint density at radius 1 is 1.19 bits per heavy atom. The van der Waals surface area contributed by atoms with Gasteiger partial charge >= 0.3 is 7.12 Å². The molecule has 0 amide bonds. The Morgan fingerprint density at radius 2 is 1.88 bits per heavy atom. The third kappa shape index (κ3) is 2.08. The summed E-state index contributed by atoms with van der Waals surface area (Å²) < 4.78 is 13.8. The first-order valence-corrected chi connectivity index (χ1v) is 5.12. The fraction of sp³-hybridized carbons (Fsp3) is 0.167. The summed E-state index contributed by atoms with van der Waals surface area (Å²) in [6, 6.07) is 9.57. The predicted octanol–water partition coefficient (Wildman–Crippen LogP) is 1.75. The second kappa shape index (κ2) is 4.24. The number of allylic oxidation sites excluding steroid dienone is 4. The number of hydrogen-bond acceptors (Lipinski definition) is 2. The molecule has 1 atom stereocenters. The molecule has 1 aromatic rings. The Hall–Kier alpha value is -1.39. The monoisotopic (exact) mass is 218 g/mol. The maximum absolute atomic E-state index is 13.8. The minimum Gasteiger partial charge on any atom is -0.425 e. The smallest absolute Gasteiger partial charge is 0.425 e. The van der Waals surface area contributed by atoms with Crippen molar-refractivity contribution in [1.82, 2.24) is 0 Å². The molecule has 0 radical (unpaired) electrons. The zero-order chi connectivity index (χ0) is 11.6. The summed E-state index contributed by atoms with van der Waals surface area (Å²) in [4.78, 5) is 0. The summed E-state index contributed by atoms with van der Waals surface area (Å²) >= 11 is 0. The maximum Gasteiger partial charge on any atom is 0.496 e. The Morgan fingerprint density at radius 3 is 2.38 bits per heavy atom. The van der Waals surface area contributed by atoms with Gasteiger partial charge in [0.25, 0.3) is 0 Å². The average Bonchev–Trinajstić information content (AvgIpc) is 2.31. The van der Waals surface area contributed by atoms with Gasteiger partial charge in [0.1, 0.15) is 0 Å². The minimum atomic E-state index is -2.06. The summed E-state index contributed by atoms with van der Waals surface area (Å²) in [7, 11) is -1.97. The zero-order valence-corrected chi connectivity index (χ0v) is 8.68. The van der Waals surface area contributed by atoms with Gasteiger partial charge in [0.15, 0.2) is 5.57 Å². The zero-order valence-electron chi connectivity index (χ0n) is 8.68. The molecule has 0 aliphatic heterocycles. The highest BCUT2D eigenvalue weighted by Crippen LogP contribution is 2.30. The van der Waals surface area contributed by atoms with Crippen LogP contribution < -0.4 is 0 Å². The molecule has 16 heavy (non-hydrogen) atoms. The van der Waals surface area contributed by atoms with Gasteiger partial charge in [-0.1, -0.05) is 42.5 Å². The highest BCUT2D eigenvalue weighted by molar-refractivity contribution is 6.46. The molecule has 82 valence electrons. The molecule has 4 heteroatoms. The molecular weight excluding hydrogens is 206 g/mol. The lowest BCUT2D eigenvalue weighted by molar-refractivity contribution is 0.245. The molecule has 0 saturated carbocycles. The summed E-state index contributed by atoms with van der Waals surface area (Å²) in [5, 5.41) is 17.8. The van der Waals surface area contributed by atoms with Gasteiger partial charge in [-0.15, -0.1) is 0 Å². The Labute approximate surface area is 93.9 Å². The number of benzene rings is 1. The van der Waals surface area contributed by atoms with Gasteiger partial charge in [0.05, 0.1) is 0 Å². The number of halogens is 1. The molecule has 2 rings (SSSR count). The topological polar surface area (TPSA) is 40.5 Å². The standard InChI is InChI=1S/C12H12BFO2/c14-12(13(15)16)8-6-11(7-9-12)10-4-2-1-3-5-10/h1-8,15-16H,9H2. The Kier molecular flexibility index (Phi) is 2.94. The lowest BCUT2D eigenvalue weighted by atomic mass is 9.65. The Bertz CT molecular complexity index is 428. The normalized spacial score (nSPS) is 24.1. The van der Waals surface area contributed by atoms with E-state index in [-0.39, 0.29) is 6.42 Å². The van der Waals surface area contributed by atoms with Crippen LogP contribution in [0.15, 0.2) is 48.6 Å². The molecule has 0 saturated heterocycles. The third-order valence-corrected chi connectivity index (χ3v) is 2.71. The van der Waals surface area contributed by atoms with E-state index in [4.69, 9.17) is 10.0 Å². The second-order valence-corrected chi connectivity index (χ2v) is 3.86. The van der Waals surface area contributed by atoms with Crippen molar-refractivity contribution in [2.24, 2.45) is 0 Å². The van der Waals surface area contributed by atoms with Crippen molar-refractivity contribution in [3.8, 4) is 0 Å². The van der Waals surface area contributed by atoms with Crippen LogP contribution in [-0.4, -0.2) is 22.7 Å². The SMILES string of the molecule is OB(O)C1(F)C=CC(c2ccccc2)=CC1. The fourth-order valence-electron chi connectivity index (χ4n) is 1.67. The quantitative estimate of drug-likeness (QED) is 0.742. The summed E-state index contributed by atoms with van der Waals surface area (Å²) in [6.07, 6.45) is 4.44. The third-order valence-electron chi connectivity index (χ3n) is 2.71. The lowest BCUT2D eigenvalue weighted by Crippen LogP contribution is -2.41. The first kappa shape index (κ1) is 11.1. The van der Waals surface area contributed by atoms with Crippen LogP contribution in [0.3, 0.4) is 0 Å². The van der Waals surface area contributed by atoms with E-state index in [9.17, 15) is 4.39 Å². The van der Waals surface area contributed by atoms with Crippen molar-refractivity contribution in [2.45, 2.75) is 12.0 Å². The largest absolute Gasteiger partial charge is 0.496 e. The van der Waals surface area contributed by atoms with Crippen LogP contribution in [0, 0.1) is 0 Å². The lowest BCUT2D eigenvalue weighted by Gasteiger charge is -2.22. The molecule has 0 spiro atoms. The number of alkyl halides is 1. The molecule has 2 N–H and O–H groups in total. The van der Waals surface area contributed by atoms with Crippen LogP contribution in [-0.2, 0) is 0 Å². The summed E-state index contributed by atoms with van der Waals surface area (Å²) in [5.41, 5.74) is -0.166. The van der Waals surface area contributed by atoms with E-state index in [0.29, 0.717) is 0 Å². The second-order valence-electron chi connectivity index (χ2n) is 3.86. The fourth-order valence-corrected chi connectivity index (χ4v) is 1.67. The van der Waals surface area contributed by atoms with Crippen molar-refractivity contribution >= 4 is 12.7 Å². The van der Waals surface area contributed by atoms with E-state index < -0.39 is 12.7 Å². The minimum absolute atomic E-state index is 0.0224. The summed E-state index contributed by atoms with van der Waals surface area (Å²) in [6.45, 7) is 0. The average molecular weight is 218 g/mol. The van der Waals surface area contributed by atoms with Crippen LogP contribution in [0.5, 0.6) is 0 Å². The van der Waals surface area contributed by atoms with Crippen molar-refractivity contribution in [3.05, 3.63) is 54.1 Å². The van der Waals surface area contributed by atoms with Gasteiger partial charge in [0.2, 0.25) is 0 Å². The van der Waals surface area contributed by atoms with E-state index in [0.717, 1.165) is 11.1 Å². The van der Waals surface area contributed by atoms with Gasteiger partial charge in [-0.3, -0.25) is 0 Å². The summed E-state index contributed by atoms with van der Waals surface area (Å²) in [5.74, 6) is 0. The van der Waals surface area contributed by atoms with E-state index in [1.54, 1.807) is 12.2 Å². The number of rotatable bonds is 2. The van der Waals surface area contributed by atoms with Gasteiger partial charge in [0, 0.05) is 6.42 Å². The van der Waals surface area contributed by atoms with Crippen molar-refractivity contribution < 1.29 is 14.4 Å².